The standard InChI is InChI=1S/C24H34N2O2/c27-23(14-18-8-4-3-5-9-18)25-15-20-21-16-26(19-10-6-1-2-7-11-19)17-24(21)13-12-22(20)28-24/h3-5,8-9,19-22H,1-2,6-7,10-17H2,(H,25,27)/t20-,21+,22+,24+/m0/s1. The molecular weight excluding hydrogens is 348 g/mol. The number of likely N-dealkylation sites (tertiary alicyclic amines) is 1. The molecule has 2 bridgehead atoms. The largest absolute Gasteiger partial charge is 0.370 e. The summed E-state index contributed by atoms with van der Waals surface area (Å²) in [5, 5.41) is 3.23. The van der Waals surface area contributed by atoms with Gasteiger partial charge in [-0.2, -0.15) is 0 Å². The van der Waals surface area contributed by atoms with Crippen LogP contribution in [0.3, 0.4) is 0 Å². The van der Waals surface area contributed by atoms with Gasteiger partial charge in [0.05, 0.1) is 18.1 Å². The Kier molecular flexibility index (Phi) is 5.18. The van der Waals surface area contributed by atoms with Crippen molar-refractivity contribution in [3.05, 3.63) is 35.9 Å². The zero-order chi connectivity index (χ0) is 19.0. The van der Waals surface area contributed by atoms with E-state index in [2.05, 4.69) is 10.2 Å². The van der Waals surface area contributed by atoms with E-state index in [1.165, 1.54) is 57.9 Å². The summed E-state index contributed by atoms with van der Waals surface area (Å²) in [5.41, 5.74) is 1.17. The Morgan fingerprint density at radius 1 is 1.11 bits per heavy atom. The first kappa shape index (κ1) is 18.6. The number of rotatable bonds is 5. The van der Waals surface area contributed by atoms with Crippen molar-refractivity contribution in [1.82, 2.24) is 10.2 Å². The van der Waals surface area contributed by atoms with Crippen LogP contribution in [0.4, 0.5) is 0 Å². The van der Waals surface area contributed by atoms with Gasteiger partial charge in [-0.05, 0) is 31.2 Å². The molecule has 0 radical (unpaired) electrons. The third-order valence-corrected chi connectivity index (χ3v) is 7.89. The summed E-state index contributed by atoms with van der Waals surface area (Å²) in [6, 6.07) is 10.8. The van der Waals surface area contributed by atoms with Gasteiger partial charge in [0.15, 0.2) is 0 Å². The van der Waals surface area contributed by atoms with Crippen LogP contribution in [0.25, 0.3) is 0 Å². The number of amides is 1. The van der Waals surface area contributed by atoms with E-state index in [0.29, 0.717) is 24.4 Å². The smallest absolute Gasteiger partial charge is 0.224 e. The predicted octanol–water partition coefficient (Wildman–Crippen LogP) is 3.55. The van der Waals surface area contributed by atoms with E-state index < -0.39 is 0 Å². The van der Waals surface area contributed by atoms with Crippen LogP contribution in [0.2, 0.25) is 0 Å². The molecule has 3 heterocycles. The van der Waals surface area contributed by atoms with E-state index in [4.69, 9.17) is 4.74 Å². The molecule has 0 aromatic heterocycles. The third kappa shape index (κ3) is 3.50. The van der Waals surface area contributed by atoms with Gasteiger partial charge in [0, 0.05) is 37.5 Å². The Balaban J connectivity index is 1.20. The van der Waals surface area contributed by atoms with Crippen molar-refractivity contribution in [3.8, 4) is 0 Å². The average Bonchev–Trinajstić information content (AvgIpc) is 3.28. The molecule has 1 aliphatic carbocycles. The molecule has 1 saturated carbocycles. The van der Waals surface area contributed by atoms with Crippen molar-refractivity contribution in [3.63, 3.8) is 0 Å². The monoisotopic (exact) mass is 382 g/mol. The van der Waals surface area contributed by atoms with Gasteiger partial charge in [0.2, 0.25) is 5.91 Å². The van der Waals surface area contributed by atoms with Crippen molar-refractivity contribution in [2.24, 2.45) is 11.8 Å². The van der Waals surface area contributed by atoms with E-state index in [1.54, 1.807) is 0 Å². The van der Waals surface area contributed by atoms with E-state index in [-0.39, 0.29) is 11.5 Å². The molecule has 4 atom stereocenters. The Bertz CT molecular complexity index is 685. The Morgan fingerprint density at radius 2 is 1.89 bits per heavy atom. The first-order chi connectivity index (χ1) is 13.7. The molecule has 1 aromatic carbocycles. The van der Waals surface area contributed by atoms with Gasteiger partial charge in [-0.25, -0.2) is 0 Å². The maximum absolute atomic E-state index is 12.5. The lowest BCUT2D eigenvalue weighted by molar-refractivity contribution is -0.120. The molecule has 3 saturated heterocycles. The molecular formula is C24H34N2O2. The summed E-state index contributed by atoms with van der Waals surface area (Å²) in [6.07, 6.45) is 11.6. The number of ether oxygens (including phenoxy) is 1. The molecule has 1 amide bonds. The summed E-state index contributed by atoms with van der Waals surface area (Å²) in [5.74, 6) is 1.23. The van der Waals surface area contributed by atoms with E-state index >= 15 is 0 Å². The fraction of sp³-hybridized carbons (Fsp3) is 0.708. The number of carbonyl (C=O) groups excluding carboxylic acids is 1. The molecule has 28 heavy (non-hydrogen) atoms. The predicted molar refractivity (Wildman–Crippen MR) is 110 cm³/mol. The van der Waals surface area contributed by atoms with Crippen LogP contribution in [0.5, 0.6) is 0 Å². The molecule has 1 spiro atoms. The van der Waals surface area contributed by atoms with E-state index in [0.717, 1.165) is 24.7 Å². The summed E-state index contributed by atoms with van der Waals surface area (Å²) >= 11 is 0. The second-order valence-electron chi connectivity index (χ2n) is 9.57. The van der Waals surface area contributed by atoms with Crippen LogP contribution >= 0.6 is 0 Å². The van der Waals surface area contributed by atoms with Crippen LogP contribution in [-0.2, 0) is 16.0 Å². The van der Waals surface area contributed by atoms with Gasteiger partial charge in [-0.15, -0.1) is 0 Å². The quantitative estimate of drug-likeness (QED) is 0.792. The second-order valence-corrected chi connectivity index (χ2v) is 9.57. The number of hydrogen-bond donors (Lipinski definition) is 1. The number of hydrogen-bond acceptors (Lipinski definition) is 3. The van der Waals surface area contributed by atoms with Crippen molar-refractivity contribution >= 4 is 5.91 Å². The zero-order valence-corrected chi connectivity index (χ0v) is 16.9. The maximum atomic E-state index is 12.5. The molecule has 0 unspecified atom stereocenters. The topological polar surface area (TPSA) is 41.6 Å². The number of benzene rings is 1. The Labute approximate surface area is 169 Å². The third-order valence-electron chi connectivity index (χ3n) is 7.89. The van der Waals surface area contributed by atoms with Gasteiger partial charge in [-0.1, -0.05) is 56.0 Å². The maximum Gasteiger partial charge on any atom is 0.224 e. The molecule has 1 aromatic rings. The minimum Gasteiger partial charge on any atom is -0.370 e. The Morgan fingerprint density at radius 3 is 2.68 bits per heavy atom. The lowest BCUT2D eigenvalue weighted by Gasteiger charge is -2.29. The number of fused-ring (bicyclic) bond motifs is 1. The Hall–Kier alpha value is -1.39. The van der Waals surface area contributed by atoms with Gasteiger partial charge >= 0.3 is 0 Å². The summed E-state index contributed by atoms with van der Waals surface area (Å²) in [4.78, 5) is 15.2. The molecule has 4 nitrogen and oxygen atoms in total. The van der Waals surface area contributed by atoms with Gasteiger partial charge < -0.3 is 10.1 Å². The number of carbonyl (C=O) groups is 1. The first-order valence-corrected chi connectivity index (χ1v) is 11.5. The highest BCUT2D eigenvalue weighted by Crippen LogP contribution is 2.55. The zero-order valence-electron chi connectivity index (χ0n) is 16.9. The van der Waals surface area contributed by atoms with E-state index in [9.17, 15) is 4.79 Å². The highest BCUT2D eigenvalue weighted by Gasteiger charge is 2.63. The fourth-order valence-corrected chi connectivity index (χ4v) is 6.48. The molecule has 1 N–H and O–H groups in total. The van der Waals surface area contributed by atoms with Crippen LogP contribution < -0.4 is 5.32 Å². The van der Waals surface area contributed by atoms with Crippen LogP contribution in [0.1, 0.15) is 56.9 Å². The molecule has 4 fully saturated rings. The van der Waals surface area contributed by atoms with Gasteiger partial charge in [0.1, 0.15) is 0 Å². The lowest BCUT2D eigenvalue weighted by atomic mass is 9.73. The van der Waals surface area contributed by atoms with Crippen molar-refractivity contribution in [1.29, 1.82) is 0 Å². The first-order valence-electron chi connectivity index (χ1n) is 11.5. The highest BCUT2D eigenvalue weighted by molar-refractivity contribution is 5.78. The van der Waals surface area contributed by atoms with Crippen LogP contribution in [0.15, 0.2) is 30.3 Å². The average molecular weight is 383 g/mol. The summed E-state index contributed by atoms with van der Waals surface area (Å²) in [6.45, 7) is 3.09. The highest BCUT2D eigenvalue weighted by atomic mass is 16.5. The minimum absolute atomic E-state index is 0.0891. The molecule has 4 heteroatoms. The molecule has 152 valence electrons. The van der Waals surface area contributed by atoms with Crippen molar-refractivity contribution in [2.75, 3.05) is 19.6 Å². The van der Waals surface area contributed by atoms with Gasteiger partial charge in [0.25, 0.3) is 0 Å². The molecule has 4 aliphatic rings. The second kappa shape index (κ2) is 7.79. The van der Waals surface area contributed by atoms with Crippen LogP contribution in [0, 0.1) is 11.8 Å². The summed E-state index contributed by atoms with van der Waals surface area (Å²) < 4.78 is 6.61. The SMILES string of the molecule is O=C(Cc1ccccc1)NC[C@H]1[C@H]2CN(C3CCCCCC3)C[C@]23CC[C@H]1O3. The molecule has 5 rings (SSSR count). The fourth-order valence-electron chi connectivity index (χ4n) is 6.48. The van der Waals surface area contributed by atoms with Crippen molar-refractivity contribution < 1.29 is 9.53 Å². The number of nitrogens with zero attached hydrogens (tertiary/aromatic N) is 1. The summed E-state index contributed by atoms with van der Waals surface area (Å²) in [7, 11) is 0. The van der Waals surface area contributed by atoms with Crippen LogP contribution in [-0.4, -0.2) is 48.2 Å². The number of nitrogens with one attached hydrogen (secondary N) is 1. The lowest BCUT2D eigenvalue weighted by Crippen LogP contribution is -2.42. The van der Waals surface area contributed by atoms with Crippen molar-refractivity contribution in [2.45, 2.75) is 75.5 Å². The minimum atomic E-state index is 0.0891. The van der Waals surface area contributed by atoms with Gasteiger partial charge in [-0.3, -0.25) is 9.69 Å². The van der Waals surface area contributed by atoms with E-state index in [1.807, 2.05) is 30.3 Å². The normalized spacial score (nSPS) is 35.6. The molecule has 3 aliphatic heterocycles.